The Labute approximate surface area is 213 Å². The Balaban J connectivity index is 1.35. The number of hydrogen-bond donors (Lipinski definition) is 0. The lowest BCUT2D eigenvalue weighted by Crippen LogP contribution is -2.41. The molecule has 1 atom stereocenters. The molecule has 0 amide bonds. The molecule has 0 spiro atoms. The van der Waals surface area contributed by atoms with Crippen molar-refractivity contribution in [2.75, 3.05) is 13.1 Å². The van der Waals surface area contributed by atoms with Gasteiger partial charge in [0, 0.05) is 29.1 Å². The number of thiophene rings is 1. The number of benzene rings is 1. The van der Waals surface area contributed by atoms with Gasteiger partial charge in [0.05, 0.1) is 18.7 Å². The van der Waals surface area contributed by atoms with Crippen LogP contribution in [0.15, 0.2) is 41.9 Å². The molecule has 3 aromatic rings. The van der Waals surface area contributed by atoms with E-state index in [9.17, 15) is 4.79 Å². The van der Waals surface area contributed by atoms with E-state index in [1.54, 1.807) is 4.68 Å². The lowest BCUT2D eigenvalue weighted by atomic mass is 9.86. The molecule has 1 aromatic carbocycles. The summed E-state index contributed by atoms with van der Waals surface area (Å²) in [6.45, 7) is 11.3. The molecule has 1 aliphatic carbocycles. The lowest BCUT2D eigenvalue weighted by Gasteiger charge is -2.35. The number of aromatic nitrogens is 3. The maximum absolute atomic E-state index is 12.6. The Kier molecular flexibility index (Phi) is 8.39. The van der Waals surface area contributed by atoms with Gasteiger partial charge in [-0.25, -0.2) is 0 Å². The zero-order valence-corrected chi connectivity index (χ0v) is 22.3. The summed E-state index contributed by atoms with van der Waals surface area (Å²) in [6, 6.07) is 11.1. The Morgan fingerprint density at radius 3 is 2.80 bits per heavy atom. The minimum absolute atomic E-state index is 0.0591. The summed E-state index contributed by atoms with van der Waals surface area (Å²) >= 11 is 1.85. The van der Waals surface area contributed by atoms with Crippen LogP contribution in [0.3, 0.4) is 0 Å². The third-order valence-electron chi connectivity index (χ3n) is 6.74. The molecule has 0 radical (unpaired) electrons. The number of aryl methyl sites for hydroxylation is 1. The van der Waals surface area contributed by atoms with E-state index in [1.165, 1.54) is 16.0 Å². The predicted molar refractivity (Wildman–Crippen MR) is 141 cm³/mol. The second kappa shape index (κ2) is 11.5. The Morgan fingerprint density at radius 1 is 1.23 bits per heavy atom. The summed E-state index contributed by atoms with van der Waals surface area (Å²) in [7, 11) is 0. The molecule has 4 rings (SSSR count). The molecule has 1 aliphatic rings. The van der Waals surface area contributed by atoms with E-state index >= 15 is 0 Å². The summed E-state index contributed by atoms with van der Waals surface area (Å²) in [5, 5.41) is 10.5. The number of rotatable bonds is 10. The molecular formula is C28H38N4O2S. The van der Waals surface area contributed by atoms with Gasteiger partial charge >= 0.3 is 5.97 Å². The Hall–Kier alpha value is -2.51. The SMILES string of the molecule is CCCN(CCc1cccs1)[C@H]1CCc2c(cccc2OC(=O)CCn2cc(C(C)(C)C)nn2)C1. The highest BCUT2D eigenvalue weighted by molar-refractivity contribution is 7.09. The first-order valence-corrected chi connectivity index (χ1v) is 13.7. The van der Waals surface area contributed by atoms with Crippen molar-refractivity contribution < 1.29 is 9.53 Å². The van der Waals surface area contributed by atoms with Crippen molar-refractivity contribution in [3.05, 3.63) is 63.6 Å². The van der Waals surface area contributed by atoms with Crippen molar-refractivity contribution in [1.82, 2.24) is 19.9 Å². The van der Waals surface area contributed by atoms with Gasteiger partial charge in [-0.3, -0.25) is 14.4 Å². The average molecular weight is 495 g/mol. The van der Waals surface area contributed by atoms with Gasteiger partial charge in [-0.05, 0) is 67.3 Å². The molecule has 0 bridgehead atoms. The molecule has 6 nitrogen and oxygen atoms in total. The average Bonchev–Trinajstić information content (AvgIpc) is 3.52. The number of nitrogens with zero attached hydrogens (tertiary/aromatic N) is 4. The molecule has 0 fully saturated rings. The third kappa shape index (κ3) is 6.79. The lowest BCUT2D eigenvalue weighted by molar-refractivity contribution is -0.134. The maximum Gasteiger partial charge on any atom is 0.313 e. The highest BCUT2D eigenvalue weighted by Gasteiger charge is 2.26. The fourth-order valence-corrected chi connectivity index (χ4v) is 5.46. The molecule has 0 aliphatic heterocycles. The fourth-order valence-electron chi connectivity index (χ4n) is 4.76. The molecule has 2 aromatic heterocycles. The van der Waals surface area contributed by atoms with E-state index in [0.29, 0.717) is 12.6 Å². The molecule has 0 saturated carbocycles. The molecular weight excluding hydrogens is 456 g/mol. The van der Waals surface area contributed by atoms with Crippen LogP contribution in [0, 0.1) is 0 Å². The molecule has 188 valence electrons. The van der Waals surface area contributed by atoms with Gasteiger partial charge in [0.15, 0.2) is 0 Å². The highest BCUT2D eigenvalue weighted by Crippen LogP contribution is 2.32. The van der Waals surface area contributed by atoms with Crippen LogP contribution in [-0.2, 0) is 36.0 Å². The minimum atomic E-state index is -0.225. The van der Waals surface area contributed by atoms with Crippen LogP contribution in [0.1, 0.15) is 68.7 Å². The number of carbonyl (C=O) groups is 1. The van der Waals surface area contributed by atoms with Crippen LogP contribution in [0.25, 0.3) is 0 Å². The monoisotopic (exact) mass is 494 g/mol. The number of fused-ring (bicyclic) bond motifs is 1. The van der Waals surface area contributed by atoms with Gasteiger partial charge < -0.3 is 4.74 Å². The van der Waals surface area contributed by atoms with Crippen molar-refractivity contribution in [2.24, 2.45) is 0 Å². The van der Waals surface area contributed by atoms with Crippen molar-refractivity contribution in [2.45, 2.75) is 84.2 Å². The number of hydrogen-bond acceptors (Lipinski definition) is 6. The molecule has 2 heterocycles. The number of ether oxygens (including phenoxy) is 1. The molecule has 0 unspecified atom stereocenters. The van der Waals surface area contributed by atoms with E-state index in [0.717, 1.165) is 56.6 Å². The van der Waals surface area contributed by atoms with Crippen molar-refractivity contribution in [1.29, 1.82) is 0 Å². The first kappa shape index (κ1) is 25.6. The second-order valence-corrected chi connectivity index (χ2v) is 11.5. The van der Waals surface area contributed by atoms with Crippen LogP contribution in [0.4, 0.5) is 0 Å². The Morgan fingerprint density at radius 2 is 2.09 bits per heavy atom. The van der Waals surface area contributed by atoms with Gasteiger partial charge in [-0.2, -0.15) is 0 Å². The quantitative estimate of drug-likeness (QED) is 0.277. The van der Waals surface area contributed by atoms with Gasteiger partial charge in [-0.1, -0.05) is 51.1 Å². The summed E-state index contributed by atoms with van der Waals surface area (Å²) in [4.78, 5) is 16.8. The van der Waals surface area contributed by atoms with Gasteiger partial charge in [0.2, 0.25) is 0 Å². The molecule has 0 saturated heterocycles. The Bertz CT molecular complexity index is 1100. The van der Waals surface area contributed by atoms with Gasteiger partial charge in [0.25, 0.3) is 0 Å². The standard InChI is InChI=1S/C28H38N4O2S/c1-5-15-31(16-13-23-9-7-18-35-23)22-11-12-24-21(19-22)8-6-10-25(24)34-27(33)14-17-32-20-26(29-30-32)28(2,3)4/h6-10,18,20,22H,5,11-17,19H2,1-4H3/t22-/m0/s1. The van der Waals surface area contributed by atoms with E-state index in [1.807, 2.05) is 29.7 Å². The summed E-state index contributed by atoms with van der Waals surface area (Å²) in [6.07, 6.45) is 7.52. The summed E-state index contributed by atoms with van der Waals surface area (Å²) < 4.78 is 7.56. The summed E-state index contributed by atoms with van der Waals surface area (Å²) in [5.74, 6) is 0.498. The molecule has 7 heteroatoms. The number of esters is 1. The molecule has 35 heavy (non-hydrogen) atoms. The predicted octanol–water partition coefficient (Wildman–Crippen LogP) is 5.44. The van der Waals surface area contributed by atoms with E-state index in [-0.39, 0.29) is 17.8 Å². The van der Waals surface area contributed by atoms with E-state index < -0.39 is 0 Å². The van der Waals surface area contributed by atoms with Crippen LogP contribution >= 0.6 is 11.3 Å². The largest absolute Gasteiger partial charge is 0.426 e. The van der Waals surface area contributed by atoms with Crippen molar-refractivity contribution >= 4 is 17.3 Å². The van der Waals surface area contributed by atoms with Crippen molar-refractivity contribution in [3.8, 4) is 5.75 Å². The normalized spacial score (nSPS) is 15.9. The topological polar surface area (TPSA) is 60.2 Å². The van der Waals surface area contributed by atoms with E-state index in [4.69, 9.17) is 4.74 Å². The van der Waals surface area contributed by atoms with Crippen molar-refractivity contribution in [3.63, 3.8) is 0 Å². The minimum Gasteiger partial charge on any atom is -0.426 e. The maximum atomic E-state index is 12.6. The zero-order chi connectivity index (χ0) is 24.8. The zero-order valence-electron chi connectivity index (χ0n) is 21.5. The van der Waals surface area contributed by atoms with Crippen LogP contribution in [0.2, 0.25) is 0 Å². The molecule has 0 N–H and O–H groups in total. The van der Waals surface area contributed by atoms with E-state index in [2.05, 4.69) is 66.5 Å². The van der Waals surface area contributed by atoms with Crippen LogP contribution < -0.4 is 4.74 Å². The first-order chi connectivity index (χ1) is 16.8. The summed E-state index contributed by atoms with van der Waals surface area (Å²) in [5.41, 5.74) is 3.37. The van der Waals surface area contributed by atoms with Crippen LogP contribution in [0.5, 0.6) is 5.75 Å². The number of carbonyl (C=O) groups excluding carboxylic acids is 1. The van der Waals surface area contributed by atoms with Crippen LogP contribution in [-0.4, -0.2) is 45.0 Å². The van der Waals surface area contributed by atoms with Gasteiger partial charge in [-0.15, -0.1) is 16.4 Å². The smallest absolute Gasteiger partial charge is 0.313 e. The second-order valence-electron chi connectivity index (χ2n) is 10.5. The third-order valence-corrected chi connectivity index (χ3v) is 7.68. The fraction of sp³-hybridized carbons (Fsp3) is 0.536. The van der Waals surface area contributed by atoms with Gasteiger partial charge in [0.1, 0.15) is 5.75 Å². The first-order valence-electron chi connectivity index (χ1n) is 12.8. The highest BCUT2D eigenvalue weighted by atomic mass is 32.1.